The number of aryl methyl sites for hydroxylation is 1. The van der Waals surface area contributed by atoms with E-state index < -0.39 is 5.60 Å². The highest BCUT2D eigenvalue weighted by Gasteiger charge is 2.32. The van der Waals surface area contributed by atoms with E-state index in [1.54, 1.807) is 12.4 Å². The highest BCUT2D eigenvalue weighted by Crippen LogP contribution is 2.16. The Balaban J connectivity index is 1.69. The zero-order chi connectivity index (χ0) is 12.8. The quantitative estimate of drug-likeness (QED) is 0.787. The van der Waals surface area contributed by atoms with Crippen molar-refractivity contribution in [3.8, 4) is 0 Å². The Morgan fingerprint density at radius 3 is 2.94 bits per heavy atom. The summed E-state index contributed by atoms with van der Waals surface area (Å²) >= 11 is 0. The van der Waals surface area contributed by atoms with Gasteiger partial charge in [0.1, 0.15) is 5.60 Å². The lowest BCUT2D eigenvalue weighted by molar-refractivity contribution is -0.122. The highest BCUT2D eigenvalue weighted by molar-refractivity contribution is 5.76. The second-order valence-corrected chi connectivity index (χ2v) is 4.66. The number of rotatable bonds is 5. The third-order valence-corrected chi connectivity index (χ3v) is 3.09. The lowest BCUT2D eigenvalue weighted by Crippen LogP contribution is -2.43. The van der Waals surface area contributed by atoms with Gasteiger partial charge < -0.3 is 15.2 Å². The van der Waals surface area contributed by atoms with Gasteiger partial charge in [-0.25, -0.2) is 0 Å². The first-order valence-corrected chi connectivity index (χ1v) is 6.14. The van der Waals surface area contributed by atoms with Crippen LogP contribution in [-0.2, 0) is 16.0 Å². The molecule has 2 N–H and O–H groups in total. The molecule has 0 aliphatic carbocycles. The lowest BCUT2D eigenvalue weighted by Gasteiger charge is -2.20. The normalized spacial score (nSPS) is 22.9. The monoisotopic (exact) mass is 250 g/mol. The molecule has 0 aromatic carbocycles. The molecule has 98 valence electrons. The Bertz CT molecular complexity index is 388. The summed E-state index contributed by atoms with van der Waals surface area (Å²) in [6.45, 7) is 1.13. The number of hydrogen-bond acceptors (Lipinski definition) is 4. The predicted octanol–water partition coefficient (Wildman–Crippen LogP) is 0.282. The van der Waals surface area contributed by atoms with Gasteiger partial charge in [-0.1, -0.05) is 0 Å². The van der Waals surface area contributed by atoms with Crippen LogP contribution in [0.15, 0.2) is 24.5 Å². The molecule has 5 nitrogen and oxygen atoms in total. The fourth-order valence-electron chi connectivity index (χ4n) is 1.89. The number of aromatic nitrogens is 1. The maximum atomic E-state index is 11.6. The molecule has 5 heteroatoms. The van der Waals surface area contributed by atoms with Crippen LogP contribution in [0.1, 0.15) is 18.4 Å². The van der Waals surface area contributed by atoms with Gasteiger partial charge >= 0.3 is 0 Å². The molecule has 0 spiro atoms. The zero-order valence-corrected chi connectivity index (χ0v) is 10.3. The highest BCUT2D eigenvalue weighted by atomic mass is 16.5. The van der Waals surface area contributed by atoms with Gasteiger partial charge in [-0.05, 0) is 24.1 Å². The number of aliphatic hydroxyl groups is 1. The van der Waals surface area contributed by atoms with Crippen molar-refractivity contribution in [2.24, 2.45) is 0 Å². The minimum atomic E-state index is -0.883. The van der Waals surface area contributed by atoms with Crippen molar-refractivity contribution in [1.29, 1.82) is 0 Å². The van der Waals surface area contributed by atoms with Crippen molar-refractivity contribution in [2.75, 3.05) is 19.8 Å². The molecule has 0 radical (unpaired) electrons. The predicted molar refractivity (Wildman–Crippen MR) is 66.0 cm³/mol. The van der Waals surface area contributed by atoms with Crippen LogP contribution < -0.4 is 5.32 Å². The summed E-state index contributed by atoms with van der Waals surface area (Å²) in [5, 5.41) is 12.7. The first kappa shape index (κ1) is 13.0. The molecule has 2 rings (SSSR count). The van der Waals surface area contributed by atoms with Crippen molar-refractivity contribution in [2.45, 2.75) is 24.9 Å². The molecule has 1 aliphatic heterocycles. The van der Waals surface area contributed by atoms with Crippen LogP contribution >= 0.6 is 0 Å². The van der Waals surface area contributed by atoms with Crippen molar-refractivity contribution in [3.63, 3.8) is 0 Å². The van der Waals surface area contributed by atoms with E-state index in [2.05, 4.69) is 10.3 Å². The molecule has 1 amide bonds. The molecule has 1 unspecified atom stereocenters. The molecular weight excluding hydrogens is 232 g/mol. The first-order chi connectivity index (χ1) is 8.68. The average Bonchev–Trinajstić information content (AvgIpc) is 2.83. The standard InChI is InChI=1S/C13H18N2O3/c16-12(2-1-11-3-6-14-7-4-11)15-9-13(17)5-8-18-10-13/h3-4,6-7,17H,1-2,5,8-10H2,(H,15,16). The Labute approximate surface area is 106 Å². The van der Waals surface area contributed by atoms with Gasteiger partial charge in [0.05, 0.1) is 6.61 Å². The minimum Gasteiger partial charge on any atom is -0.386 e. The first-order valence-electron chi connectivity index (χ1n) is 6.14. The van der Waals surface area contributed by atoms with Crippen LogP contribution in [-0.4, -0.2) is 41.4 Å². The summed E-state index contributed by atoms with van der Waals surface area (Å²) in [5.41, 5.74) is 0.204. The second kappa shape index (κ2) is 5.93. The summed E-state index contributed by atoms with van der Waals surface area (Å²) in [5.74, 6) is -0.0489. The Morgan fingerprint density at radius 1 is 1.50 bits per heavy atom. The van der Waals surface area contributed by atoms with Gasteiger partial charge in [-0.3, -0.25) is 9.78 Å². The van der Waals surface area contributed by atoms with Crippen molar-refractivity contribution >= 4 is 5.91 Å². The van der Waals surface area contributed by atoms with E-state index in [0.717, 1.165) is 5.56 Å². The van der Waals surface area contributed by atoms with Crippen molar-refractivity contribution < 1.29 is 14.6 Å². The fourth-order valence-corrected chi connectivity index (χ4v) is 1.89. The smallest absolute Gasteiger partial charge is 0.220 e. The zero-order valence-electron chi connectivity index (χ0n) is 10.3. The molecule has 1 aromatic rings. The Hall–Kier alpha value is -1.46. The summed E-state index contributed by atoms with van der Waals surface area (Å²) in [6.07, 6.45) is 5.11. The van der Waals surface area contributed by atoms with E-state index in [-0.39, 0.29) is 12.5 Å². The molecule has 2 heterocycles. The van der Waals surface area contributed by atoms with Crippen LogP contribution in [0.4, 0.5) is 0 Å². The van der Waals surface area contributed by atoms with Crippen LogP contribution in [0, 0.1) is 0 Å². The van der Waals surface area contributed by atoms with E-state index in [4.69, 9.17) is 4.74 Å². The van der Waals surface area contributed by atoms with Gasteiger partial charge in [0.2, 0.25) is 5.91 Å². The molecule has 1 aromatic heterocycles. The average molecular weight is 250 g/mol. The molecule has 1 saturated heterocycles. The molecule has 18 heavy (non-hydrogen) atoms. The molecular formula is C13H18N2O3. The number of amides is 1. The summed E-state index contributed by atoms with van der Waals surface area (Å²) in [6, 6.07) is 3.79. The maximum Gasteiger partial charge on any atom is 0.220 e. The van der Waals surface area contributed by atoms with Crippen molar-refractivity contribution in [3.05, 3.63) is 30.1 Å². The van der Waals surface area contributed by atoms with Gasteiger partial charge in [0.15, 0.2) is 0 Å². The number of carbonyl (C=O) groups is 1. The summed E-state index contributed by atoms with van der Waals surface area (Å²) in [4.78, 5) is 15.6. The van der Waals surface area contributed by atoms with Gasteiger partial charge in [-0.2, -0.15) is 0 Å². The third kappa shape index (κ3) is 3.78. The molecule has 1 atom stereocenters. The lowest BCUT2D eigenvalue weighted by atomic mass is 10.0. The Morgan fingerprint density at radius 2 is 2.28 bits per heavy atom. The van der Waals surface area contributed by atoms with E-state index >= 15 is 0 Å². The van der Waals surface area contributed by atoms with Crippen molar-refractivity contribution in [1.82, 2.24) is 10.3 Å². The topological polar surface area (TPSA) is 71.5 Å². The number of pyridine rings is 1. The number of carbonyl (C=O) groups excluding carboxylic acids is 1. The van der Waals surface area contributed by atoms with Crippen LogP contribution in [0.5, 0.6) is 0 Å². The summed E-state index contributed by atoms with van der Waals surface area (Å²) < 4.78 is 5.11. The van der Waals surface area contributed by atoms with E-state index in [0.29, 0.717) is 32.5 Å². The fraction of sp³-hybridized carbons (Fsp3) is 0.538. The molecule has 0 bridgehead atoms. The van der Waals surface area contributed by atoms with Crippen LogP contribution in [0.3, 0.4) is 0 Å². The Kier molecular flexibility index (Phi) is 4.28. The number of nitrogens with one attached hydrogen (secondary N) is 1. The second-order valence-electron chi connectivity index (χ2n) is 4.66. The van der Waals surface area contributed by atoms with Gasteiger partial charge in [-0.15, -0.1) is 0 Å². The maximum absolute atomic E-state index is 11.6. The summed E-state index contributed by atoms with van der Waals surface area (Å²) in [7, 11) is 0. The SMILES string of the molecule is O=C(CCc1ccncc1)NCC1(O)CCOC1. The van der Waals surface area contributed by atoms with E-state index in [1.807, 2.05) is 12.1 Å². The van der Waals surface area contributed by atoms with Crippen LogP contribution in [0.25, 0.3) is 0 Å². The molecule has 1 aliphatic rings. The van der Waals surface area contributed by atoms with Gasteiger partial charge in [0.25, 0.3) is 0 Å². The number of nitrogens with zero attached hydrogens (tertiary/aromatic N) is 1. The molecule has 0 saturated carbocycles. The largest absolute Gasteiger partial charge is 0.386 e. The molecule has 1 fully saturated rings. The van der Waals surface area contributed by atoms with E-state index in [9.17, 15) is 9.90 Å². The van der Waals surface area contributed by atoms with E-state index in [1.165, 1.54) is 0 Å². The number of ether oxygens (including phenoxy) is 1. The minimum absolute atomic E-state index is 0.0489. The van der Waals surface area contributed by atoms with Crippen LogP contribution in [0.2, 0.25) is 0 Å². The van der Waals surface area contributed by atoms with Gasteiger partial charge in [0, 0.05) is 38.4 Å². The third-order valence-electron chi connectivity index (χ3n) is 3.09. The number of hydrogen-bond donors (Lipinski definition) is 2.